The van der Waals surface area contributed by atoms with E-state index in [1.54, 1.807) is 55.5 Å². The van der Waals surface area contributed by atoms with Crippen LogP contribution in [0.1, 0.15) is 12.6 Å². The van der Waals surface area contributed by atoms with Crippen LogP contribution in [0.25, 0.3) is 11.4 Å². The fraction of sp³-hybridized carbons (Fsp3) is 0.0800. The zero-order chi connectivity index (χ0) is 25.1. The monoisotopic (exact) mass is 495 g/mol. The van der Waals surface area contributed by atoms with E-state index in [9.17, 15) is 13.6 Å². The highest BCUT2D eigenvalue weighted by atomic mass is 35.5. The Morgan fingerprint density at radius 2 is 1.89 bits per heavy atom. The van der Waals surface area contributed by atoms with Crippen LogP contribution in [0.2, 0.25) is 5.02 Å². The number of aromatic nitrogens is 3. The Morgan fingerprint density at radius 1 is 1.14 bits per heavy atom. The molecule has 4 aromatic rings. The van der Waals surface area contributed by atoms with Gasteiger partial charge in [0.25, 0.3) is 0 Å². The average molecular weight is 496 g/mol. The fourth-order valence-electron chi connectivity index (χ4n) is 3.34. The van der Waals surface area contributed by atoms with E-state index in [0.29, 0.717) is 33.5 Å². The Labute approximate surface area is 204 Å². The highest BCUT2D eigenvalue weighted by Gasteiger charge is 2.14. The van der Waals surface area contributed by atoms with Crippen LogP contribution in [-0.4, -0.2) is 27.2 Å². The molecule has 35 heavy (non-hydrogen) atoms. The van der Waals surface area contributed by atoms with E-state index >= 15 is 0 Å². The molecule has 0 aliphatic heterocycles. The summed E-state index contributed by atoms with van der Waals surface area (Å²) in [5.41, 5.74) is 7.73. The normalized spacial score (nSPS) is 12.1. The molecule has 0 spiro atoms. The molecule has 2 aromatic heterocycles. The molecule has 0 saturated heterocycles. The molecule has 0 bridgehead atoms. The lowest BCUT2D eigenvalue weighted by atomic mass is 10.2. The zero-order valence-electron chi connectivity index (χ0n) is 18.7. The number of nitrogens with two attached hydrogens (primary N) is 1. The molecule has 0 aliphatic rings. The summed E-state index contributed by atoms with van der Waals surface area (Å²) in [7, 11) is 1.45. The molecule has 178 valence electrons. The molecule has 2 aromatic carbocycles. The van der Waals surface area contributed by atoms with Gasteiger partial charge in [0.15, 0.2) is 17.3 Å². The topological polar surface area (TPSA) is 87.4 Å². The van der Waals surface area contributed by atoms with Gasteiger partial charge in [-0.25, -0.2) is 18.5 Å². The zero-order valence-corrected chi connectivity index (χ0v) is 19.5. The first kappa shape index (κ1) is 23.9. The van der Waals surface area contributed by atoms with E-state index in [1.165, 1.54) is 28.6 Å². The fourth-order valence-corrected chi connectivity index (χ4v) is 3.53. The van der Waals surface area contributed by atoms with Crippen LogP contribution < -0.4 is 15.9 Å². The standard InChI is InChI=1S/C25H20ClF2N5O2/c1-15(29)10-21(30-17-5-3-4-16(26)11-17)25-23(34)8-9-33(31-25)22-7-6-18(12-24(22)35-2)32-13-19(27)20(28)14-32/h3-14H,29H2,1-2H3. The highest BCUT2D eigenvalue weighted by molar-refractivity contribution is 6.30. The molecule has 0 radical (unpaired) electrons. The van der Waals surface area contributed by atoms with Gasteiger partial charge in [-0.3, -0.25) is 4.79 Å². The Bertz CT molecular complexity index is 1500. The van der Waals surface area contributed by atoms with Crippen molar-refractivity contribution in [3.63, 3.8) is 0 Å². The van der Waals surface area contributed by atoms with Crippen LogP contribution in [0.5, 0.6) is 5.75 Å². The molecular formula is C25H20ClF2N5O2. The van der Waals surface area contributed by atoms with E-state index in [0.717, 1.165) is 12.4 Å². The summed E-state index contributed by atoms with van der Waals surface area (Å²) in [6, 6.07) is 13.1. The molecular weight excluding hydrogens is 476 g/mol. The lowest BCUT2D eigenvalue weighted by Gasteiger charge is -2.14. The molecule has 0 aliphatic carbocycles. The number of hydrogen-bond acceptors (Lipinski definition) is 5. The lowest BCUT2D eigenvalue weighted by molar-refractivity contribution is 0.411. The van der Waals surface area contributed by atoms with Crippen LogP contribution in [-0.2, 0) is 0 Å². The lowest BCUT2D eigenvalue weighted by Crippen LogP contribution is -2.21. The first-order chi connectivity index (χ1) is 16.7. The average Bonchev–Trinajstić information content (AvgIpc) is 3.16. The van der Waals surface area contributed by atoms with Crippen LogP contribution in [0.3, 0.4) is 0 Å². The molecule has 10 heteroatoms. The van der Waals surface area contributed by atoms with E-state index in [2.05, 4.69) is 10.1 Å². The van der Waals surface area contributed by atoms with Crippen LogP contribution in [0.15, 0.2) is 88.7 Å². The SMILES string of the molecule is COc1cc(-n2cc(F)c(F)c2)ccc1-n1ccc(=O)c(C(C=C(C)N)=Nc2cccc(Cl)c2)n1. The third-order valence-corrected chi connectivity index (χ3v) is 5.15. The van der Waals surface area contributed by atoms with Crippen molar-refractivity contribution in [3.05, 3.63) is 111 Å². The summed E-state index contributed by atoms with van der Waals surface area (Å²) in [6.45, 7) is 1.67. The van der Waals surface area contributed by atoms with E-state index < -0.39 is 11.6 Å². The number of halogens is 3. The van der Waals surface area contributed by atoms with Crippen molar-refractivity contribution in [2.75, 3.05) is 7.11 Å². The third-order valence-electron chi connectivity index (χ3n) is 4.91. The Kier molecular flexibility index (Phi) is 6.79. The minimum atomic E-state index is -0.963. The molecule has 2 heterocycles. The van der Waals surface area contributed by atoms with Gasteiger partial charge < -0.3 is 15.0 Å². The second-order valence-electron chi connectivity index (χ2n) is 7.56. The maximum Gasteiger partial charge on any atom is 0.209 e. The first-order valence-corrected chi connectivity index (χ1v) is 10.7. The number of ether oxygens (including phenoxy) is 1. The van der Waals surface area contributed by atoms with Crippen molar-refractivity contribution in [1.82, 2.24) is 14.3 Å². The second kappa shape index (κ2) is 9.94. The minimum absolute atomic E-state index is 0.0537. The van der Waals surface area contributed by atoms with Gasteiger partial charge in [0.2, 0.25) is 5.43 Å². The van der Waals surface area contributed by atoms with Crippen LogP contribution in [0, 0.1) is 11.6 Å². The van der Waals surface area contributed by atoms with Crippen molar-refractivity contribution in [3.8, 4) is 17.1 Å². The number of aliphatic imine (C=N–C) groups is 1. The van der Waals surface area contributed by atoms with Gasteiger partial charge in [0.1, 0.15) is 11.4 Å². The predicted molar refractivity (Wildman–Crippen MR) is 131 cm³/mol. The second-order valence-corrected chi connectivity index (χ2v) is 7.99. The van der Waals surface area contributed by atoms with E-state index in [4.69, 9.17) is 22.1 Å². The summed E-state index contributed by atoms with van der Waals surface area (Å²) in [4.78, 5) is 17.3. The van der Waals surface area contributed by atoms with Gasteiger partial charge in [-0.15, -0.1) is 0 Å². The number of methoxy groups -OCH3 is 1. The van der Waals surface area contributed by atoms with Crippen LogP contribution in [0.4, 0.5) is 14.5 Å². The summed E-state index contributed by atoms with van der Waals surface area (Å²) in [5, 5.41) is 4.97. The summed E-state index contributed by atoms with van der Waals surface area (Å²) < 4.78 is 35.2. The molecule has 4 rings (SSSR count). The highest BCUT2D eigenvalue weighted by Crippen LogP contribution is 2.26. The van der Waals surface area contributed by atoms with Gasteiger partial charge in [0, 0.05) is 47.1 Å². The Hall–Kier alpha value is -4.24. The van der Waals surface area contributed by atoms with Gasteiger partial charge in [-0.05, 0) is 43.3 Å². The van der Waals surface area contributed by atoms with Crippen molar-refractivity contribution < 1.29 is 13.5 Å². The smallest absolute Gasteiger partial charge is 0.209 e. The van der Waals surface area contributed by atoms with Crippen molar-refractivity contribution in [1.29, 1.82) is 0 Å². The first-order valence-electron chi connectivity index (χ1n) is 10.4. The molecule has 0 fully saturated rings. The predicted octanol–water partition coefficient (Wildman–Crippen LogP) is 4.95. The summed E-state index contributed by atoms with van der Waals surface area (Å²) >= 11 is 6.07. The van der Waals surface area contributed by atoms with E-state index in [1.807, 2.05) is 0 Å². The van der Waals surface area contributed by atoms with Crippen molar-refractivity contribution in [2.24, 2.45) is 10.7 Å². The van der Waals surface area contributed by atoms with Crippen molar-refractivity contribution in [2.45, 2.75) is 6.92 Å². The Balaban J connectivity index is 1.82. The van der Waals surface area contributed by atoms with Gasteiger partial charge >= 0.3 is 0 Å². The maximum atomic E-state index is 13.5. The minimum Gasteiger partial charge on any atom is -0.494 e. The van der Waals surface area contributed by atoms with Gasteiger partial charge in [0.05, 0.1) is 18.5 Å². The molecule has 0 saturated carbocycles. The molecule has 0 amide bonds. The largest absolute Gasteiger partial charge is 0.494 e. The molecule has 2 N–H and O–H groups in total. The van der Waals surface area contributed by atoms with Crippen LogP contribution >= 0.6 is 11.6 Å². The quantitative estimate of drug-likeness (QED) is 0.383. The third kappa shape index (κ3) is 5.30. The molecule has 0 unspecified atom stereocenters. The van der Waals surface area contributed by atoms with Crippen molar-refractivity contribution >= 4 is 23.0 Å². The number of nitrogens with zero attached hydrogens (tertiary/aromatic N) is 4. The maximum absolute atomic E-state index is 13.5. The number of allylic oxidation sites excluding steroid dienone is 2. The molecule has 7 nitrogen and oxygen atoms in total. The number of rotatable bonds is 6. The Morgan fingerprint density at radius 3 is 2.54 bits per heavy atom. The summed E-state index contributed by atoms with van der Waals surface area (Å²) in [6.07, 6.45) is 5.08. The molecule has 0 atom stereocenters. The summed E-state index contributed by atoms with van der Waals surface area (Å²) in [5.74, 6) is -1.57. The number of hydrogen-bond donors (Lipinski definition) is 1. The number of benzene rings is 2. The van der Waals surface area contributed by atoms with Gasteiger partial charge in [-0.2, -0.15) is 5.10 Å². The van der Waals surface area contributed by atoms with Gasteiger partial charge in [-0.1, -0.05) is 17.7 Å². The van der Waals surface area contributed by atoms with E-state index in [-0.39, 0.29) is 16.8 Å².